The molecule has 0 bridgehead atoms. The molecular formula is C9H10F3NO2. The topological polar surface area (TPSA) is 37.4 Å². The molecule has 1 heterocycles. The number of hydrogen-bond acceptors (Lipinski definition) is 2. The third kappa shape index (κ3) is 2.19. The number of ketones is 1. The molecule has 84 valence electrons. The molecule has 0 saturated heterocycles. The number of Topliss-reactive ketones (excluding diaryl/α,β-unsaturated/α-hetero) is 1. The van der Waals surface area contributed by atoms with Gasteiger partial charge in [-0.2, -0.15) is 13.2 Å². The summed E-state index contributed by atoms with van der Waals surface area (Å²) in [5.41, 5.74) is -0.224. The highest BCUT2D eigenvalue weighted by atomic mass is 19.4. The van der Waals surface area contributed by atoms with Crippen molar-refractivity contribution in [1.29, 1.82) is 0 Å². The molecule has 0 radical (unpaired) electrons. The first kappa shape index (κ1) is 11.7. The van der Waals surface area contributed by atoms with Crippen LogP contribution in [0.3, 0.4) is 0 Å². The van der Waals surface area contributed by atoms with E-state index in [1.54, 1.807) is 0 Å². The van der Waals surface area contributed by atoms with Crippen LogP contribution in [-0.2, 0) is 9.59 Å². The van der Waals surface area contributed by atoms with E-state index >= 15 is 0 Å². The monoisotopic (exact) mass is 221 g/mol. The van der Waals surface area contributed by atoms with Gasteiger partial charge in [0.25, 0.3) is 5.78 Å². The van der Waals surface area contributed by atoms with Crippen molar-refractivity contribution >= 4 is 11.7 Å². The van der Waals surface area contributed by atoms with Crippen LogP contribution in [0.2, 0.25) is 0 Å². The van der Waals surface area contributed by atoms with Crippen LogP contribution in [0.25, 0.3) is 0 Å². The van der Waals surface area contributed by atoms with Crippen LogP contribution < -0.4 is 0 Å². The standard InChI is InChI=1S/C9H10F3NO2/c1-5-6(8(15)9(10,11)12)3-4-7(14)13(5)2/h3-4H2,1-2H3. The van der Waals surface area contributed by atoms with Crippen molar-refractivity contribution in [3.63, 3.8) is 0 Å². The van der Waals surface area contributed by atoms with Crippen molar-refractivity contribution in [3.8, 4) is 0 Å². The Labute approximate surface area is 84.5 Å². The number of amides is 1. The van der Waals surface area contributed by atoms with Gasteiger partial charge in [0.1, 0.15) is 0 Å². The number of alkyl halides is 3. The van der Waals surface area contributed by atoms with Crippen molar-refractivity contribution in [3.05, 3.63) is 11.3 Å². The number of carbonyl (C=O) groups excluding carboxylic acids is 2. The lowest BCUT2D eigenvalue weighted by Crippen LogP contribution is -2.35. The van der Waals surface area contributed by atoms with Crippen molar-refractivity contribution in [2.75, 3.05) is 7.05 Å². The molecule has 0 unspecified atom stereocenters. The van der Waals surface area contributed by atoms with Gasteiger partial charge >= 0.3 is 6.18 Å². The van der Waals surface area contributed by atoms with E-state index in [-0.39, 0.29) is 30.0 Å². The van der Waals surface area contributed by atoms with Gasteiger partial charge in [-0.05, 0) is 13.3 Å². The second kappa shape index (κ2) is 3.67. The van der Waals surface area contributed by atoms with E-state index in [0.29, 0.717) is 0 Å². The molecule has 1 rings (SSSR count). The number of hydrogen-bond donors (Lipinski definition) is 0. The molecule has 1 amide bonds. The maximum absolute atomic E-state index is 12.1. The summed E-state index contributed by atoms with van der Waals surface area (Å²) >= 11 is 0. The summed E-state index contributed by atoms with van der Waals surface area (Å²) < 4.78 is 36.4. The second-order valence-electron chi connectivity index (χ2n) is 3.34. The zero-order chi connectivity index (χ0) is 11.8. The van der Waals surface area contributed by atoms with Gasteiger partial charge in [0.15, 0.2) is 0 Å². The van der Waals surface area contributed by atoms with Crippen molar-refractivity contribution < 1.29 is 22.8 Å². The minimum atomic E-state index is -4.86. The van der Waals surface area contributed by atoms with Crippen LogP contribution in [-0.4, -0.2) is 29.8 Å². The van der Waals surface area contributed by atoms with Crippen LogP contribution in [0.1, 0.15) is 19.8 Å². The fraction of sp³-hybridized carbons (Fsp3) is 0.556. The minimum absolute atomic E-state index is 0.0506. The van der Waals surface area contributed by atoms with E-state index in [2.05, 4.69) is 0 Å². The summed E-state index contributed by atoms with van der Waals surface area (Å²) in [4.78, 5) is 23.2. The van der Waals surface area contributed by atoms with E-state index in [9.17, 15) is 22.8 Å². The van der Waals surface area contributed by atoms with E-state index in [1.807, 2.05) is 0 Å². The van der Waals surface area contributed by atoms with Gasteiger partial charge in [-0.1, -0.05) is 0 Å². The third-order valence-corrected chi connectivity index (χ3v) is 2.43. The number of allylic oxidation sites excluding steroid dienone is 2. The Morgan fingerprint density at radius 1 is 1.33 bits per heavy atom. The quantitative estimate of drug-likeness (QED) is 0.675. The lowest BCUT2D eigenvalue weighted by Gasteiger charge is -2.26. The van der Waals surface area contributed by atoms with Crippen LogP contribution in [0.4, 0.5) is 13.2 Å². The Morgan fingerprint density at radius 2 is 1.87 bits per heavy atom. The molecule has 0 aromatic heterocycles. The maximum atomic E-state index is 12.1. The maximum Gasteiger partial charge on any atom is 0.454 e. The third-order valence-electron chi connectivity index (χ3n) is 2.43. The fourth-order valence-electron chi connectivity index (χ4n) is 1.42. The van der Waals surface area contributed by atoms with Crippen molar-refractivity contribution in [2.45, 2.75) is 25.9 Å². The van der Waals surface area contributed by atoms with Crippen LogP contribution >= 0.6 is 0 Å². The van der Waals surface area contributed by atoms with Gasteiger partial charge in [-0.3, -0.25) is 9.59 Å². The second-order valence-corrected chi connectivity index (χ2v) is 3.34. The van der Waals surface area contributed by atoms with Gasteiger partial charge in [-0.15, -0.1) is 0 Å². The van der Waals surface area contributed by atoms with Crippen LogP contribution in [0.15, 0.2) is 11.3 Å². The first-order valence-electron chi connectivity index (χ1n) is 4.33. The van der Waals surface area contributed by atoms with E-state index < -0.39 is 12.0 Å². The summed E-state index contributed by atoms with van der Waals surface area (Å²) in [6.07, 6.45) is -5.05. The van der Waals surface area contributed by atoms with Gasteiger partial charge in [-0.25, -0.2) is 0 Å². The highest BCUT2D eigenvalue weighted by Crippen LogP contribution is 2.29. The molecule has 0 saturated carbocycles. The highest BCUT2D eigenvalue weighted by molar-refractivity contribution is 6.02. The zero-order valence-electron chi connectivity index (χ0n) is 8.31. The molecule has 0 aromatic carbocycles. The van der Waals surface area contributed by atoms with E-state index in [0.717, 1.165) is 4.90 Å². The Kier molecular flexibility index (Phi) is 2.88. The van der Waals surface area contributed by atoms with Gasteiger partial charge in [0.05, 0.1) is 0 Å². The van der Waals surface area contributed by atoms with E-state index in [1.165, 1.54) is 14.0 Å². The molecule has 0 spiro atoms. The van der Waals surface area contributed by atoms with Crippen molar-refractivity contribution in [1.82, 2.24) is 4.90 Å². The normalized spacial score (nSPS) is 18.5. The number of halogens is 3. The molecule has 1 aliphatic rings. The lowest BCUT2D eigenvalue weighted by molar-refractivity contribution is -0.167. The summed E-state index contributed by atoms with van der Waals surface area (Å²) in [7, 11) is 1.36. The number of carbonyl (C=O) groups is 2. The summed E-state index contributed by atoms with van der Waals surface area (Å²) in [5, 5.41) is 0. The Balaban J connectivity index is 3.06. The number of nitrogens with zero attached hydrogens (tertiary/aromatic N) is 1. The molecule has 6 heteroatoms. The minimum Gasteiger partial charge on any atom is -0.319 e. The Bertz CT molecular complexity index is 344. The molecule has 0 atom stereocenters. The van der Waals surface area contributed by atoms with Crippen LogP contribution in [0, 0.1) is 0 Å². The fourth-order valence-corrected chi connectivity index (χ4v) is 1.42. The van der Waals surface area contributed by atoms with Gasteiger partial charge < -0.3 is 4.90 Å². The molecule has 0 fully saturated rings. The van der Waals surface area contributed by atoms with Gasteiger partial charge in [0, 0.05) is 24.7 Å². The predicted octanol–water partition coefficient (Wildman–Crippen LogP) is 1.64. The smallest absolute Gasteiger partial charge is 0.319 e. The molecule has 1 aliphatic heterocycles. The van der Waals surface area contributed by atoms with Crippen molar-refractivity contribution in [2.24, 2.45) is 0 Å². The molecule has 15 heavy (non-hydrogen) atoms. The molecule has 0 aromatic rings. The first-order chi connectivity index (χ1) is 6.75. The summed E-state index contributed by atoms with van der Waals surface area (Å²) in [6.45, 7) is 1.34. The molecule has 3 nitrogen and oxygen atoms in total. The Morgan fingerprint density at radius 3 is 2.33 bits per heavy atom. The van der Waals surface area contributed by atoms with E-state index in [4.69, 9.17) is 0 Å². The number of rotatable bonds is 1. The highest BCUT2D eigenvalue weighted by Gasteiger charge is 2.42. The molecule has 0 aliphatic carbocycles. The summed E-state index contributed by atoms with van der Waals surface area (Å²) in [6, 6.07) is 0. The molecular weight excluding hydrogens is 211 g/mol. The molecule has 0 N–H and O–H groups in total. The Hall–Kier alpha value is -1.33. The average Bonchev–Trinajstić information content (AvgIpc) is 2.12. The first-order valence-corrected chi connectivity index (χ1v) is 4.33. The largest absolute Gasteiger partial charge is 0.454 e. The predicted molar refractivity (Wildman–Crippen MR) is 45.8 cm³/mol. The lowest BCUT2D eigenvalue weighted by atomic mass is 9.98. The van der Waals surface area contributed by atoms with Gasteiger partial charge in [0.2, 0.25) is 5.91 Å². The average molecular weight is 221 g/mol. The zero-order valence-corrected chi connectivity index (χ0v) is 8.31. The van der Waals surface area contributed by atoms with Crippen LogP contribution in [0.5, 0.6) is 0 Å². The SMILES string of the molecule is CC1=C(C(=O)C(F)(F)F)CCC(=O)N1C. The summed E-state index contributed by atoms with van der Waals surface area (Å²) in [5.74, 6) is -2.12.